The van der Waals surface area contributed by atoms with Gasteiger partial charge in [-0.2, -0.15) is 13.2 Å². The highest BCUT2D eigenvalue weighted by molar-refractivity contribution is 7.90. The molecule has 0 radical (unpaired) electrons. The molecule has 1 amide bonds. The van der Waals surface area contributed by atoms with E-state index in [9.17, 15) is 26.4 Å². The number of alkyl halides is 3. The number of halogens is 3. The maximum atomic E-state index is 14.6. The Bertz CT molecular complexity index is 1960. The molecule has 9 nitrogen and oxygen atoms in total. The first-order valence-corrected chi connectivity index (χ1v) is 18.5. The molecule has 0 spiro atoms. The predicted octanol–water partition coefficient (Wildman–Crippen LogP) is 6.12. The molecule has 4 aromatic rings. The zero-order valence-corrected chi connectivity index (χ0v) is 29.1. The number of carbonyl (C=O) groups excluding carboxylic acids is 1. The normalized spacial score (nSPS) is 17.5. The van der Waals surface area contributed by atoms with Gasteiger partial charge in [0.25, 0.3) is 5.91 Å². The van der Waals surface area contributed by atoms with Gasteiger partial charge < -0.3 is 14.8 Å². The lowest BCUT2D eigenvalue weighted by molar-refractivity contribution is -0.137. The average molecular weight is 711 g/mol. The minimum Gasteiger partial charge on any atom is -0.495 e. The van der Waals surface area contributed by atoms with Gasteiger partial charge in [0.2, 0.25) is 0 Å². The van der Waals surface area contributed by atoms with E-state index < -0.39 is 33.5 Å². The molecule has 2 aliphatic heterocycles. The first-order chi connectivity index (χ1) is 23.8. The van der Waals surface area contributed by atoms with E-state index in [1.807, 2.05) is 37.3 Å². The van der Waals surface area contributed by atoms with E-state index in [4.69, 9.17) is 14.5 Å². The summed E-state index contributed by atoms with van der Waals surface area (Å²) in [6, 6.07) is 17.0. The number of carbonyl (C=O) groups is 1. The Kier molecular flexibility index (Phi) is 10.5. The fraction of sp³-hybridized carbons (Fsp3) is 0.405. The summed E-state index contributed by atoms with van der Waals surface area (Å²) in [4.78, 5) is 23.9. The number of hydrogen-bond donors (Lipinski definition) is 1. The van der Waals surface area contributed by atoms with Crippen LogP contribution in [-0.4, -0.2) is 87.9 Å². The van der Waals surface area contributed by atoms with E-state index in [-0.39, 0.29) is 44.9 Å². The van der Waals surface area contributed by atoms with Gasteiger partial charge in [0, 0.05) is 54.5 Å². The van der Waals surface area contributed by atoms with E-state index in [0.29, 0.717) is 37.9 Å². The molecule has 1 atom stereocenters. The van der Waals surface area contributed by atoms with Crippen LogP contribution < -0.4 is 10.1 Å². The molecule has 6 rings (SSSR count). The van der Waals surface area contributed by atoms with Crippen LogP contribution in [0.2, 0.25) is 0 Å². The number of benzene rings is 3. The van der Waals surface area contributed by atoms with Crippen molar-refractivity contribution in [2.45, 2.75) is 49.5 Å². The Balaban J connectivity index is 1.52. The summed E-state index contributed by atoms with van der Waals surface area (Å²) in [5, 5.41) is 3.33. The van der Waals surface area contributed by atoms with Crippen LogP contribution in [0, 0.1) is 0 Å². The summed E-state index contributed by atoms with van der Waals surface area (Å²) < 4.78 is 78.8. The number of likely N-dealkylation sites (tertiary alicyclic amines) is 1. The Morgan fingerprint density at radius 3 is 2.36 bits per heavy atom. The Hall–Kier alpha value is -4.04. The number of fused-ring (bicyclic) bond motifs is 1. The van der Waals surface area contributed by atoms with Gasteiger partial charge in [-0.25, -0.2) is 13.4 Å². The fourth-order valence-electron chi connectivity index (χ4n) is 6.96. The summed E-state index contributed by atoms with van der Waals surface area (Å²) in [6.45, 7) is 6.58. The third-order valence-corrected chi connectivity index (χ3v) is 10.7. The number of piperidine rings is 1. The SMILES string of the molecule is COc1cc2nc(-c3cccc(C(F)(F)F)c3)c(CN3CCC(N4CCOCC4)CC3)c(C(=O)N[C@@H](C)c3ccccc3)c2cc1S(C)(=O)=O. The fourth-order valence-corrected chi connectivity index (χ4v) is 7.80. The number of methoxy groups -OCH3 is 1. The van der Waals surface area contributed by atoms with Crippen molar-refractivity contribution < 1.29 is 35.9 Å². The van der Waals surface area contributed by atoms with Crippen LogP contribution in [0.4, 0.5) is 13.2 Å². The maximum Gasteiger partial charge on any atom is 0.416 e. The molecular weight excluding hydrogens is 669 g/mol. The van der Waals surface area contributed by atoms with Crippen LogP contribution in [-0.2, 0) is 27.3 Å². The van der Waals surface area contributed by atoms with E-state index in [2.05, 4.69) is 15.1 Å². The molecule has 2 fully saturated rings. The third-order valence-electron chi connectivity index (χ3n) is 9.61. The van der Waals surface area contributed by atoms with Gasteiger partial charge in [-0.15, -0.1) is 0 Å². The molecule has 0 unspecified atom stereocenters. The third kappa shape index (κ3) is 7.80. The van der Waals surface area contributed by atoms with Gasteiger partial charge in [-0.1, -0.05) is 42.5 Å². The molecule has 0 saturated carbocycles. The van der Waals surface area contributed by atoms with Crippen LogP contribution >= 0.6 is 0 Å². The number of pyridine rings is 1. The van der Waals surface area contributed by atoms with Crippen molar-refractivity contribution in [3.8, 4) is 17.0 Å². The van der Waals surface area contributed by atoms with Crippen LogP contribution in [0.3, 0.4) is 0 Å². The molecule has 13 heteroatoms. The van der Waals surface area contributed by atoms with E-state index >= 15 is 0 Å². The maximum absolute atomic E-state index is 14.6. The van der Waals surface area contributed by atoms with Crippen molar-refractivity contribution >= 4 is 26.6 Å². The second-order valence-electron chi connectivity index (χ2n) is 12.9. The predicted molar refractivity (Wildman–Crippen MR) is 185 cm³/mol. The van der Waals surface area contributed by atoms with E-state index in [1.54, 1.807) is 6.07 Å². The number of morpholine rings is 1. The van der Waals surface area contributed by atoms with Crippen LogP contribution in [0.25, 0.3) is 22.2 Å². The first-order valence-electron chi connectivity index (χ1n) is 16.7. The van der Waals surface area contributed by atoms with Crippen LogP contribution in [0.1, 0.15) is 52.9 Å². The van der Waals surface area contributed by atoms with Gasteiger partial charge in [0.1, 0.15) is 10.6 Å². The van der Waals surface area contributed by atoms with Crippen molar-refractivity contribution in [3.63, 3.8) is 0 Å². The summed E-state index contributed by atoms with van der Waals surface area (Å²) in [6.07, 6.45) is -1.80. The average Bonchev–Trinajstić information content (AvgIpc) is 3.11. The molecule has 1 N–H and O–H groups in total. The van der Waals surface area contributed by atoms with Gasteiger partial charge in [0.15, 0.2) is 9.84 Å². The van der Waals surface area contributed by atoms with Crippen molar-refractivity contribution in [3.05, 3.63) is 89.0 Å². The number of amides is 1. The smallest absolute Gasteiger partial charge is 0.416 e. The minimum atomic E-state index is -4.60. The van der Waals surface area contributed by atoms with E-state index in [1.165, 1.54) is 25.3 Å². The zero-order chi connectivity index (χ0) is 35.6. The highest BCUT2D eigenvalue weighted by Crippen LogP contribution is 2.39. The van der Waals surface area contributed by atoms with Crippen LogP contribution in [0.15, 0.2) is 71.6 Å². The van der Waals surface area contributed by atoms with Crippen molar-refractivity contribution in [1.82, 2.24) is 20.1 Å². The number of ether oxygens (including phenoxy) is 2. The Morgan fingerprint density at radius 2 is 1.72 bits per heavy atom. The van der Waals surface area contributed by atoms with Gasteiger partial charge in [-0.3, -0.25) is 14.6 Å². The molecule has 3 heterocycles. The number of nitrogens with zero attached hydrogens (tertiary/aromatic N) is 3. The summed E-state index contributed by atoms with van der Waals surface area (Å²) in [7, 11) is -2.49. The highest BCUT2D eigenvalue weighted by Gasteiger charge is 2.33. The quantitative estimate of drug-likeness (QED) is 0.222. The minimum absolute atomic E-state index is 0.0180. The molecule has 50 heavy (non-hydrogen) atoms. The number of hydrogen-bond acceptors (Lipinski definition) is 8. The standard InChI is InChI=1S/C37H41F3N4O5S/c1-24(25-8-5-4-6-9-25)41-36(45)34-29-21-33(50(3,46)47)32(48-2)22-31(29)42-35(26-10-7-11-27(20-26)37(38,39)40)30(34)23-43-14-12-28(13-15-43)44-16-18-49-19-17-44/h4-11,20-22,24,28H,12-19,23H2,1-3H3,(H,41,45)/t24-/m0/s1. The van der Waals surface area contributed by atoms with E-state index in [0.717, 1.165) is 49.9 Å². The molecule has 2 saturated heterocycles. The second kappa shape index (κ2) is 14.7. The molecule has 0 aliphatic carbocycles. The molecule has 0 bridgehead atoms. The lowest BCUT2D eigenvalue weighted by Crippen LogP contribution is -2.48. The Labute approximate surface area is 290 Å². The monoisotopic (exact) mass is 710 g/mol. The zero-order valence-electron chi connectivity index (χ0n) is 28.3. The van der Waals surface area contributed by atoms with Gasteiger partial charge in [-0.05, 0) is 56.6 Å². The summed E-state index contributed by atoms with van der Waals surface area (Å²) in [5.74, 6) is -0.478. The van der Waals surface area contributed by atoms with Crippen molar-refractivity contribution in [1.29, 1.82) is 0 Å². The second-order valence-corrected chi connectivity index (χ2v) is 14.9. The number of aromatic nitrogens is 1. The van der Waals surface area contributed by atoms with Gasteiger partial charge in [0.05, 0.1) is 48.7 Å². The molecule has 3 aromatic carbocycles. The number of sulfone groups is 1. The topological polar surface area (TPSA) is 101 Å². The highest BCUT2D eigenvalue weighted by atomic mass is 32.2. The van der Waals surface area contributed by atoms with Crippen molar-refractivity contribution in [2.24, 2.45) is 0 Å². The Morgan fingerprint density at radius 1 is 1.02 bits per heavy atom. The van der Waals surface area contributed by atoms with Gasteiger partial charge >= 0.3 is 6.18 Å². The molecular formula is C37H41F3N4O5S. The number of nitrogens with one attached hydrogen (secondary N) is 1. The summed E-state index contributed by atoms with van der Waals surface area (Å²) in [5.41, 5.74) is 1.21. The summed E-state index contributed by atoms with van der Waals surface area (Å²) >= 11 is 0. The molecule has 266 valence electrons. The first kappa shape index (κ1) is 35.8. The van der Waals surface area contributed by atoms with Crippen LogP contribution in [0.5, 0.6) is 5.75 Å². The van der Waals surface area contributed by atoms with Crippen molar-refractivity contribution in [2.75, 3.05) is 52.8 Å². The molecule has 1 aromatic heterocycles. The lowest BCUT2D eigenvalue weighted by atomic mass is 9.93. The molecule has 2 aliphatic rings. The lowest BCUT2D eigenvalue weighted by Gasteiger charge is -2.40. The number of rotatable bonds is 9. The largest absolute Gasteiger partial charge is 0.495 e.